The molecule has 0 rings (SSSR count). The monoisotopic (exact) mass is 196 g/mol. The molecule has 0 aliphatic carbocycles. The van der Waals surface area contributed by atoms with E-state index >= 15 is 0 Å². The maximum absolute atomic E-state index is 10.9. The summed E-state index contributed by atoms with van der Waals surface area (Å²) in [5, 5.41) is 6.77. The van der Waals surface area contributed by atoms with E-state index in [2.05, 4.69) is 0 Å². The SMILES string of the molecule is CCC(CC)(C(=O)O)P(=O)(O)O. The van der Waals surface area contributed by atoms with Gasteiger partial charge < -0.3 is 14.9 Å². The fraction of sp³-hybridized carbons (Fsp3) is 0.833. The normalized spacial score (nSPS) is 13.0. The highest BCUT2D eigenvalue weighted by molar-refractivity contribution is 7.54. The molecule has 0 aliphatic heterocycles. The third-order valence-corrected chi connectivity index (χ3v) is 4.06. The Kier molecular flexibility index (Phi) is 3.45. The van der Waals surface area contributed by atoms with Gasteiger partial charge in [-0.3, -0.25) is 9.36 Å². The number of hydrogen-bond donors (Lipinski definition) is 3. The first kappa shape index (κ1) is 11.6. The minimum absolute atomic E-state index is 0.0664. The van der Waals surface area contributed by atoms with Crippen molar-refractivity contribution in [1.82, 2.24) is 0 Å². The Bertz CT molecular complexity index is 214. The van der Waals surface area contributed by atoms with Crippen LogP contribution >= 0.6 is 7.60 Å². The first-order valence-electron chi connectivity index (χ1n) is 3.61. The maximum Gasteiger partial charge on any atom is 0.342 e. The molecule has 0 aromatic rings. The molecular weight excluding hydrogens is 183 g/mol. The van der Waals surface area contributed by atoms with E-state index in [1.54, 1.807) is 0 Å². The second-order valence-corrected chi connectivity index (χ2v) is 4.53. The van der Waals surface area contributed by atoms with Gasteiger partial charge in [0.2, 0.25) is 0 Å². The minimum atomic E-state index is -4.56. The van der Waals surface area contributed by atoms with Crippen LogP contribution in [0.25, 0.3) is 0 Å². The highest BCUT2D eigenvalue weighted by Crippen LogP contribution is 2.54. The molecule has 0 saturated carbocycles. The van der Waals surface area contributed by atoms with E-state index in [9.17, 15) is 9.36 Å². The van der Waals surface area contributed by atoms with Crippen LogP contribution in [0.1, 0.15) is 26.7 Å². The van der Waals surface area contributed by atoms with Gasteiger partial charge in [0.1, 0.15) is 0 Å². The Labute approximate surface area is 70.6 Å². The van der Waals surface area contributed by atoms with Gasteiger partial charge in [-0.2, -0.15) is 0 Å². The van der Waals surface area contributed by atoms with E-state index < -0.39 is 18.7 Å². The Morgan fingerprint density at radius 3 is 1.67 bits per heavy atom. The number of hydrogen-bond acceptors (Lipinski definition) is 2. The average molecular weight is 196 g/mol. The van der Waals surface area contributed by atoms with Crippen LogP contribution in [-0.4, -0.2) is 26.0 Å². The fourth-order valence-corrected chi connectivity index (χ4v) is 2.16. The van der Waals surface area contributed by atoms with E-state index in [4.69, 9.17) is 14.9 Å². The predicted octanol–water partition coefficient (Wildman–Crippen LogP) is 0.807. The molecule has 0 atom stereocenters. The maximum atomic E-state index is 10.9. The molecular formula is C6H13O5P. The standard InChI is InChI=1S/C6H13O5P/c1-3-6(4-2,5(7)8)12(9,10)11/h3-4H2,1-2H3,(H,7,8)(H2,9,10,11). The van der Waals surface area contributed by atoms with Gasteiger partial charge in [0.05, 0.1) is 0 Å². The van der Waals surface area contributed by atoms with Crippen molar-refractivity contribution in [2.24, 2.45) is 0 Å². The third kappa shape index (κ3) is 1.68. The van der Waals surface area contributed by atoms with Crippen molar-refractivity contribution >= 4 is 13.6 Å². The van der Waals surface area contributed by atoms with Gasteiger partial charge in [0, 0.05) is 0 Å². The van der Waals surface area contributed by atoms with Gasteiger partial charge in [-0.15, -0.1) is 0 Å². The fourth-order valence-electron chi connectivity index (χ4n) is 1.09. The van der Waals surface area contributed by atoms with Crippen molar-refractivity contribution in [3.8, 4) is 0 Å². The molecule has 0 amide bonds. The Balaban J connectivity index is 5.12. The van der Waals surface area contributed by atoms with Gasteiger partial charge in [-0.25, -0.2) is 0 Å². The predicted molar refractivity (Wildman–Crippen MR) is 43.0 cm³/mol. The summed E-state index contributed by atoms with van der Waals surface area (Å²) in [6.07, 6.45) is -0.133. The topological polar surface area (TPSA) is 94.8 Å². The number of carboxylic acid groups (broad SMARTS) is 1. The summed E-state index contributed by atoms with van der Waals surface area (Å²) in [6, 6.07) is 0. The van der Waals surface area contributed by atoms with Crippen molar-refractivity contribution in [2.75, 3.05) is 0 Å². The Morgan fingerprint density at radius 1 is 1.33 bits per heavy atom. The highest BCUT2D eigenvalue weighted by Gasteiger charge is 2.50. The van der Waals surface area contributed by atoms with Crippen LogP contribution in [-0.2, 0) is 9.36 Å². The van der Waals surface area contributed by atoms with Gasteiger partial charge in [-0.1, -0.05) is 13.8 Å². The van der Waals surface area contributed by atoms with Crippen LogP contribution in [0, 0.1) is 0 Å². The number of aliphatic carboxylic acids is 1. The van der Waals surface area contributed by atoms with E-state index in [1.807, 2.05) is 0 Å². The first-order chi connectivity index (χ1) is 5.31. The van der Waals surface area contributed by atoms with Crippen molar-refractivity contribution in [2.45, 2.75) is 31.8 Å². The first-order valence-corrected chi connectivity index (χ1v) is 5.22. The molecule has 0 spiro atoms. The van der Waals surface area contributed by atoms with E-state index in [0.29, 0.717) is 0 Å². The van der Waals surface area contributed by atoms with Crippen LogP contribution in [0.15, 0.2) is 0 Å². The molecule has 0 saturated heterocycles. The minimum Gasteiger partial charge on any atom is -0.480 e. The van der Waals surface area contributed by atoms with Crippen molar-refractivity contribution in [1.29, 1.82) is 0 Å². The molecule has 0 radical (unpaired) electrons. The van der Waals surface area contributed by atoms with Crippen LogP contribution in [0.2, 0.25) is 0 Å². The van der Waals surface area contributed by atoms with E-state index in [0.717, 1.165) is 0 Å². The van der Waals surface area contributed by atoms with Gasteiger partial charge in [-0.05, 0) is 12.8 Å². The molecule has 0 bridgehead atoms. The lowest BCUT2D eigenvalue weighted by atomic mass is 10.0. The molecule has 3 N–H and O–H groups in total. The average Bonchev–Trinajstić information content (AvgIpc) is 1.87. The summed E-state index contributed by atoms with van der Waals surface area (Å²) >= 11 is 0. The molecule has 0 heterocycles. The lowest BCUT2D eigenvalue weighted by molar-refractivity contribution is -0.140. The molecule has 0 unspecified atom stereocenters. The van der Waals surface area contributed by atoms with Crippen molar-refractivity contribution < 1.29 is 24.3 Å². The molecule has 5 nitrogen and oxygen atoms in total. The number of rotatable bonds is 4. The lowest BCUT2D eigenvalue weighted by Gasteiger charge is -2.26. The van der Waals surface area contributed by atoms with E-state index in [-0.39, 0.29) is 12.8 Å². The summed E-state index contributed by atoms with van der Waals surface area (Å²) in [5.74, 6) is -1.43. The van der Waals surface area contributed by atoms with Crippen LogP contribution in [0.4, 0.5) is 0 Å². The van der Waals surface area contributed by atoms with Crippen molar-refractivity contribution in [3.63, 3.8) is 0 Å². The van der Waals surface area contributed by atoms with Crippen LogP contribution < -0.4 is 0 Å². The second-order valence-electron chi connectivity index (χ2n) is 2.59. The summed E-state index contributed by atoms with van der Waals surface area (Å²) in [5.41, 5.74) is 0. The molecule has 0 fully saturated rings. The molecule has 0 aromatic carbocycles. The Morgan fingerprint density at radius 2 is 1.67 bits per heavy atom. The highest BCUT2D eigenvalue weighted by atomic mass is 31.2. The lowest BCUT2D eigenvalue weighted by Crippen LogP contribution is -2.36. The smallest absolute Gasteiger partial charge is 0.342 e. The Hall–Kier alpha value is -0.380. The quantitative estimate of drug-likeness (QED) is 0.578. The zero-order valence-electron chi connectivity index (χ0n) is 7.02. The molecule has 12 heavy (non-hydrogen) atoms. The summed E-state index contributed by atoms with van der Waals surface area (Å²) in [4.78, 5) is 28.3. The largest absolute Gasteiger partial charge is 0.480 e. The molecule has 0 aromatic heterocycles. The third-order valence-electron chi connectivity index (χ3n) is 2.13. The zero-order chi connectivity index (χ0) is 9.99. The zero-order valence-corrected chi connectivity index (χ0v) is 7.91. The molecule has 6 heteroatoms. The molecule has 72 valence electrons. The summed E-state index contributed by atoms with van der Waals surface area (Å²) < 4.78 is 10.9. The van der Waals surface area contributed by atoms with Gasteiger partial charge in [0.15, 0.2) is 5.16 Å². The van der Waals surface area contributed by atoms with Gasteiger partial charge in [0.25, 0.3) is 0 Å². The number of carbonyl (C=O) groups is 1. The molecule has 0 aliphatic rings. The summed E-state index contributed by atoms with van der Waals surface area (Å²) in [6.45, 7) is 2.91. The van der Waals surface area contributed by atoms with Gasteiger partial charge >= 0.3 is 13.6 Å². The van der Waals surface area contributed by atoms with Crippen molar-refractivity contribution in [3.05, 3.63) is 0 Å². The second kappa shape index (κ2) is 3.56. The van der Waals surface area contributed by atoms with Crippen LogP contribution in [0.3, 0.4) is 0 Å². The van der Waals surface area contributed by atoms with E-state index in [1.165, 1.54) is 13.8 Å². The number of carboxylic acids is 1. The van der Waals surface area contributed by atoms with Crippen LogP contribution in [0.5, 0.6) is 0 Å². The summed E-state index contributed by atoms with van der Waals surface area (Å²) in [7, 11) is -4.56.